The average molecular weight is 255 g/mol. The topological polar surface area (TPSA) is 50.9 Å². The predicted molar refractivity (Wildman–Crippen MR) is 78.8 cm³/mol. The third-order valence-corrected chi connectivity index (χ3v) is 4.17. The Morgan fingerprint density at radius 2 is 2.26 bits per heavy atom. The van der Waals surface area contributed by atoms with Gasteiger partial charge in [0.15, 0.2) is 0 Å². The molecule has 1 aliphatic rings. The molecule has 3 rings (SSSR count). The lowest BCUT2D eigenvalue weighted by Crippen LogP contribution is -2.30. The van der Waals surface area contributed by atoms with Crippen LogP contribution in [-0.4, -0.2) is 18.1 Å². The minimum absolute atomic E-state index is 0.248. The van der Waals surface area contributed by atoms with E-state index in [1.807, 2.05) is 12.3 Å². The number of hydrogen-bond donors (Lipinski definition) is 2. The molecule has 3 atom stereocenters. The monoisotopic (exact) mass is 255 g/mol. The maximum Gasteiger partial charge on any atom is 0.0702 e. The number of rotatable bonds is 5. The van der Waals surface area contributed by atoms with E-state index in [0.29, 0.717) is 6.54 Å². The molecule has 0 bridgehead atoms. The number of hydrogen-bond acceptors (Lipinski definition) is 3. The molecule has 3 heteroatoms. The van der Waals surface area contributed by atoms with Crippen LogP contribution in [0.2, 0.25) is 0 Å². The van der Waals surface area contributed by atoms with Crippen molar-refractivity contribution in [3.8, 4) is 0 Å². The van der Waals surface area contributed by atoms with Gasteiger partial charge < -0.3 is 11.1 Å². The van der Waals surface area contributed by atoms with Gasteiger partial charge in [-0.2, -0.15) is 0 Å². The first kappa shape index (κ1) is 12.6. The second-order valence-corrected chi connectivity index (χ2v) is 5.63. The summed E-state index contributed by atoms with van der Waals surface area (Å²) in [5.74, 6) is 1.72. The summed E-state index contributed by atoms with van der Waals surface area (Å²) < 4.78 is 0. The van der Waals surface area contributed by atoms with Crippen LogP contribution < -0.4 is 11.1 Å². The van der Waals surface area contributed by atoms with E-state index in [-0.39, 0.29) is 6.04 Å². The van der Waals surface area contributed by atoms with Crippen LogP contribution in [0.5, 0.6) is 0 Å². The molecule has 2 aromatic rings. The number of nitrogens with zero attached hydrogens (tertiary/aromatic N) is 1. The van der Waals surface area contributed by atoms with Crippen LogP contribution in [0.15, 0.2) is 36.5 Å². The average Bonchev–Trinajstić information content (AvgIpc) is 3.15. The van der Waals surface area contributed by atoms with Crippen molar-refractivity contribution in [1.29, 1.82) is 0 Å². The number of fused-ring (bicyclic) bond motifs is 1. The van der Waals surface area contributed by atoms with Crippen LogP contribution >= 0.6 is 0 Å². The van der Waals surface area contributed by atoms with Gasteiger partial charge in [-0.05, 0) is 48.6 Å². The fourth-order valence-electron chi connectivity index (χ4n) is 2.63. The third-order valence-electron chi connectivity index (χ3n) is 4.17. The molecule has 1 aromatic heterocycles. The van der Waals surface area contributed by atoms with Gasteiger partial charge in [0.05, 0.1) is 5.52 Å². The Hall–Kier alpha value is -1.45. The minimum atomic E-state index is 0.248. The highest BCUT2D eigenvalue weighted by Crippen LogP contribution is 2.37. The van der Waals surface area contributed by atoms with Gasteiger partial charge in [-0.3, -0.25) is 4.98 Å². The molecular weight excluding hydrogens is 234 g/mol. The maximum absolute atomic E-state index is 5.91. The SMILES string of the molecule is CC1CC1CNC(CN)c1ccc2ncccc2c1. The van der Waals surface area contributed by atoms with E-state index in [4.69, 9.17) is 5.73 Å². The fourth-order valence-corrected chi connectivity index (χ4v) is 2.63. The van der Waals surface area contributed by atoms with Gasteiger partial charge in [0, 0.05) is 24.2 Å². The van der Waals surface area contributed by atoms with E-state index in [1.54, 1.807) is 0 Å². The Morgan fingerprint density at radius 1 is 1.42 bits per heavy atom. The molecule has 0 radical (unpaired) electrons. The van der Waals surface area contributed by atoms with Crippen LogP contribution in [0, 0.1) is 11.8 Å². The van der Waals surface area contributed by atoms with Crippen molar-refractivity contribution in [2.24, 2.45) is 17.6 Å². The quantitative estimate of drug-likeness (QED) is 0.863. The second-order valence-electron chi connectivity index (χ2n) is 5.63. The molecule has 3 nitrogen and oxygen atoms in total. The Kier molecular flexibility index (Phi) is 3.49. The molecule has 1 saturated carbocycles. The molecule has 1 fully saturated rings. The van der Waals surface area contributed by atoms with Crippen LogP contribution in [0.4, 0.5) is 0 Å². The standard InChI is InChI=1S/C16H21N3/c1-11-7-14(11)10-19-16(9-17)13-4-5-15-12(8-13)3-2-6-18-15/h2-6,8,11,14,16,19H,7,9-10,17H2,1H3. The molecule has 0 saturated heterocycles. The summed E-state index contributed by atoms with van der Waals surface area (Å²) in [4.78, 5) is 4.35. The second kappa shape index (κ2) is 5.27. The Balaban J connectivity index is 1.76. The van der Waals surface area contributed by atoms with Crippen molar-refractivity contribution in [2.45, 2.75) is 19.4 Å². The molecule has 3 unspecified atom stereocenters. The van der Waals surface area contributed by atoms with Gasteiger partial charge in [0.25, 0.3) is 0 Å². The zero-order valence-corrected chi connectivity index (χ0v) is 11.3. The van der Waals surface area contributed by atoms with Crippen LogP contribution in [0.1, 0.15) is 24.9 Å². The summed E-state index contributed by atoms with van der Waals surface area (Å²) in [5.41, 5.74) is 8.21. The minimum Gasteiger partial charge on any atom is -0.329 e. The molecule has 3 N–H and O–H groups in total. The summed E-state index contributed by atoms with van der Waals surface area (Å²) in [6, 6.07) is 10.7. The third kappa shape index (κ3) is 2.77. The normalized spacial score (nSPS) is 23.5. The van der Waals surface area contributed by atoms with Crippen LogP contribution in [0.25, 0.3) is 10.9 Å². The smallest absolute Gasteiger partial charge is 0.0702 e. The zero-order chi connectivity index (χ0) is 13.2. The summed E-state index contributed by atoms with van der Waals surface area (Å²) in [5, 5.41) is 4.78. The lowest BCUT2D eigenvalue weighted by molar-refractivity contribution is 0.512. The van der Waals surface area contributed by atoms with E-state index in [2.05, 4.69) is 41.5 Å². The summed E-state index contributed by atoms with van der Waals surface area (Å²) >= 11 is 0. The van der Waals surface area contributed by atoms with Crippen molar-refractivity contribution in [3.63, 3.8) is 0 Å². The Bertz CT molecular complexity index is 567. The number of benzene rings is 1. The number of pyridine rings is 1. The van der Waals surface area contributed by atoms with Gasteiger partial charge >= 0.3 is 0 Å². The fraction of sp³-hybridized carbons (Fsp3) is 0.438. The highest BCUT2D eigenvalue weighted by Gasteiger charge is 2.32. The highest BCUT2D eigenvalue weighted by atomic mass is 14.9. The molecule has 0 aliphatic heterocycles. The molecule has 0 amide bonds. The summed E-state index contributed by atoms with van der Waals surface area (Å²) in [7, 11) is 0. The first-order valence-corrected chi connectivity index (χ1v) is 7.06. The predicted octanol–water partition coefficient (Wildman–Crippen LogP) is 2.48. The molecule has 0 spiro atoms. The molecule has 19 heavy (non-hydrogen) atoms. The largest absolute Gasteiger partial charge is 0.329 e. The molecule has 1 heterocycles. The first-order chi connectivity index (χ1) is 9.28. The van der Waals surface area contributed by atoms with E-state index in [1.165, 1.54) is 17.4 Å². The Morgan fingerprint density at radius 3 is 3.00 bits per heavy atom. The van der Waals surface area contributed by atoms with E-state index >= 15 is 0 Å². The molecule has 1 aromatic carbocycles. The van der Waals surface area contributed by atoms with Crippen molar-refractivity contribution in [2.75, 3.05) is 13.1 Å². The van der Waals surface area contributed by atoms with Crippen molar-refractivity contribution < 1.29 is 0 Å². The van der Waals surface area contributed by atoms with E-state index in [9.17, 15) is 0 Å². The first-order valence-electron chi connectivity index (χ1n) is 7.06. The van der Waals surface area contributed by atoms with Gasteiger partial charge in [-0.25, -0.2) is 0 Å². The zero-order valence-electron chi connectivity index (χ0n) is 11.3. The lowest BCUT2D eigenvalue weighted by Gasteiger charge is -2.17. The van der Waals surface area contributed by atoms with Gasteiger partial charge in [-0.1, -0.05) is 19.1 Å². The van der Waals surface area contributed by atoms with Crippen molar-refractivity contribution in [3.05, 3.63) is 42.1 Å². The highest BCUT2D eigenvalue weighted by molar-refractivity contribution is 5.79. The van der Waals surface area contributed by atoms with Gasteiger partial charge in [0.2, 0.25) is 0 Å². The number of nitrogens with one attached hydrogen (secondary N) is 1. The number of aromatic nitrogens is 1. The van der Waals surface area contributed by atoms with Crippen molar-refractivity contribution in [1.82, 2.24) is 10.3 Å². The molecule has 100 valence electrons. The lowest BCUT2D eigenvalue weighted by atomic mass is 10.0. The number of nitrogens with two attached hydrogens (primary N) is 1. The summed E-state index contributed by atoms with van der Waals surface area (Å²) in [6.07, 6.45) is 3.18. The van der Waals surface area contributed by atoms with Crippen LogP contribution in [0.3, 0.4) is 0 Å². The van der Waals surface area contributed by atoms with E-state index in [0.717, 1.165) is 23.9 Å². The van der Waals surface area contributed by atoms with Crippen molar-refractivity contribution >= 4 is 10.9 Å². The Labute approximate surface area is 114 Å². The van der Waals surface area contributed by atoms with E-state index < -0.39 is 0 Å². The van der Waals surface area contributed by atoms with Crippen LogP contribution in [-0.2, 0) is 0 Å². The summed E-state index contributed by atoms with van der Waals surface area (Å²) in [6.45, 7) is 4.02. The van der Waals surface area contributed by atoms with Gasteiger partial charge in [0.1, 0.15) is 0 Å². The maximum atomic E-state index is 5.91. The van der Waals surface area contributed by atoms with Gasteiger partial charge in [-0.15, -0.1) is 0 Å². The molecular formula is C16H21N3. The molecule has 1 aliphatic carbocycles.